The standard InChI is InChI=1S/C15H18N4O3/c1-10(13-7-4-8-22-13)16-14(20)9-19-15(21)11-5-2-3-6-12(11)17-18-19/h2-3,5-6,10,13H,4,7-9H2,1H3,(H,16,20). The SMILES string of the molecule is CC(NC(=O)Cn1nnc2ccccc2c1=O)C1CCCO1. The number of amides is 1. The van der Waals surface area contributed by atoms with Crippen LogP contribution in [0.4, 0.5) is 0 Å². The number of ether oxygens (including phenoxy) is 1. The summed E-state index contributed by atoms with van der Waals surface area (Å²) in [4.78, 5) is 24.3. The summed E-state index contributed by atoms with van der Waals surface area (Å²) in [6.07, 6.45) is 2.00. The van der Waals surface area contributed by atoms with Crippen LogP contribution in [0.3, 0.4) is 0 Å². The van der Waals surface area contributed by atoms with E-state index < -0.39 is 0 Å². The van der Waals surface area contributed by atoms with Crippen molar-refractivity contribution < 1.29 is 9.53 Å². The van der Waals surface area contributed by atoms with Crippen LogP contribution >= 0.6 is 0 Å². The molecule has 1 aromatic heterocycles. The molecule has 3 rings (SSSR count). The minimum absolute atomic E-state index is 0.0448. The number of carbonyl (C=O) groups is 1. The second kappa shape index (κ2) is 6.23. The average Bonchev–Trinajstić information content (AvgIpc) is 3.05. The van der Waals surface area contributed by atoms with Gasteiger partial charge in [-0.15, -0.1) is 5.10 Å². The first kappa shape index (κ1) is 14.6. The molecule has 1 N–H and O–H groups in total. The van der Waals surface area contributed by atoms with E-state index in [4.69, 9.17) is 4.74 Å². The minimum Gasteiger partial charge on any atom is -0.376 e. The lowest BCUT2D eigenvalue weighted by molar-refractivity contribution is -0.123. The van der Waals surface area contributed by atoms with Gasteiger partial charge in [0, 0.05) is 6.61 Å². The largest absolute Gasteiger partial charge is 0.376 e. The summed E-state index contributed by atoms with van der Waals surface area (Å²) in [5, 5.41) is 11.1. The Morgan fingerprint density at radius 1 is 1.50 bits per heavy atom. The zero-order valence-electron chi connectivity index (χ0n) is 12.4. The molecule has 22 heavy (non-hydrogen) atoms. The Hall–Kier alpha value is -2.28. The number of rotatable bonds is 4. The number of aromatic nitrogens is 3. The van der Waals surface area contributed by atoms with Crippen molar-refractivity contribution in [2.45, 2.75) is 38.5 Å². The van der Waals surface area contributed by atoms with Gasteiger partial charge < -0.3 is 10.1 Å². The Bertz CT molecular complexity index is 737. The first-order chi connectivity index (χ1) is 10.6. The molecular formula is C15H18N4O3. The van der Waals surface area contributed by atoms with Crippen LogP contribution in [0, 0.1) is 0 Å². The van der Waals surface area contributed by atoms with Gasteiger partial charge in [0.15, 0.2) is 0 Å². The smallest absolute Gasteiger partial charge is 0.278 e. The van der Waals surface area contributed by atoms with Crippen LogP contribution in [-0.4, -0.2) is 39.7 Å². The van der Waals surface area contributed by atoms with Crippen LogP contribution in [-0.2, 0) is 16.1 Å². The number of benzene rings is 1. The molecule has 0 radical (unpaired) electrons. The molecule has 2 aromatic rings. The summed E-state index contributed by atoms with van der Waals surface area (Å²) in [6.45, 7) is 2.50. The molecule has 1 aromatic carbocycles. The zero-order valence-corrected chi connectivity index (χ0v) is 12.4. The first-order valence-electron chi connectivity index (χ1n) is 7.38. The van der Waals surface area contributed by atoms with Crippen molar-refractivity contribution in [2.75, 3.05) is 6.61 Å². The molecule has 1 amide bonds. The molecule has 2 atom stereocenters. The molecule has 0 bridgehead atoms. The van der Waals surface area contributed by atoms with E-state index in [1.165, 1.54) is 0 Å². The van der Waals surface area contributed by atoms with Crippen molar-refractivity contribution in [3.63, 3.8) is 0 Å². The van der Waals surface area contributed by atoms with Gasteiger partial charge in [0.2, 0.25) is 5.91 Å². The number of nitrogens with one attached hydrogen (secondary N) is 1. The predicted molar refractivity (Wildman–Crippen MR) is 80.4 cm³/mol. The predicted octanol–water partition coefficient (Wildman–Crippen LogP) is 0.475. The fraction of sp³-hybridized carbons (Fsp3) is 0.467. The van der Waals surface area contributed by atoms with Gasteiger partial charge in [0.1, 0.15) is 12.1 Å². The number of nitrogens with zero attached hydrogens (tertiary/aromatic N) is 3. The van der Waals surface area contributed by atoms with E-state index in [0.717, 1.165) is 24.1 Å². The highest BCUT2D eigenvalue weighted by atomic mass is 16.5. The number of carbonyl (C=O) groups excluding carboxylic acids is 1. The molecule has 1 aliphatic heterocycles. The van der Waals surface area contributed by atoms with Gasteiger partial charge in [-0.25, -0.2) is 4.68 Å². The summed E-state index contributed by atoms with van der Waals surface area (Å²) in [7, 11) is 0. The van der Waals surface area contributed by atoms with E-state index in [-0.39, 0.29) is 30.2 Å². The lowest BCUT2D eigenvalue weighted by Crippen LogP contribution is -2.43. The average molecular weight is 302 g/mol. The highest BCUT2D eigenvalue weighted by Crippen LogP contribution is 2.15. The van der Waals surface area contributed by atoms with Gasteiger partial charge in [-0.3, -0.25) is 9.59 Å². The second-order valence-electron chi connectivity index (χ2n) is 5.48. The third-order valence-electron chi connectivity index (χ3n) is 3.83. The van der Waals surface area contributed by atoms with Crippen LogP contribution in [0.2, 0.25) is 0 Å². The first-order valence-corrected chi connectivity index (χ1v) is 7.38. The molecule has 0 spiro atoms. The van der Waals surface area contributed by atoms with Gasteiger partial charge in [0.25, 0.3) is 5.56 Å². The van der Waals surface area contributed by atoms with Gasteiger partial charge in [0.05, 0.1) is 17.5 Å². The Morgan fingerprint density at radius 3 is 3.09 bits per heavy atom. The van der Waals surface area contributed by atoms with Crippen LogP contribution in [0.1, 0.15) is 19.8 Å². The van der Waals surface area contributed by atoms with Crippen molar-refractivity contribution in [1.29, 1.82) is 0 Å². The summed E-state index contributed by atoms with van der Waals surface area (Å²) in [6, 6.07) is 6.86. The number of fused-ring (bicyclic) bond motifs is 1. The highest BCUT2D eigenvalue weighted by molar-refractivity contribution is 5.78. The van der Waals surface area contributed by atoms with Gasteiger partial charge >= 0.3 is 0 Å². The molecule has 1 aliphatic rings. The Kier molecular flexibility index (Phi) is 4.15. The molecule has 7 heteroatoms. The molecule has 1 saturated heterocycles. The van der Waals surface area contributed by atoms with Gasteiger partial charge in [-0.2, -0.15) is 0 Å². The van der Waals surface area contributed by atoms with Crippen LogP contribution in [0.25, 0.3) is 10.9 Å². The highest BCUT2D eigenvalue weighted by Gasteiger charge is 2.23. The van der Waals surface area contributed by atoms with Gasteiger partial charge in [-0.1, -0.05) is 17.3 Å². The van der Waals surface area contributed by atoms with E-state index in [0.29, 0.717) is 10.9 Å². The maximum atomic E-state index is 12.3. The Morgan fingerprint density at radius 2 is 2.32 bits per heavy atom. The molecule has 7 nitrogen and oxygen atoms in total. The molecular weight excluding hydrogens is 284 g/mol. The van der Waals surface area contributed by atoms with E-state index >= 15 is 0 Å². The number of hydrogen-bond acceptors (Lipinski definition) is 5. The van der Waals surface area contributed by atoms with E-state index in [1.54, 1.807) is 24.3 Å². The van der Waals surface area contributed by atoms with Crippen molar-refractivity contribution in [3.8, 4) is 0 Å². The summed E-state index contributed by atoms with van der Waals surface area (Å²) >= 11 is 0. The fourth-order valence-corrected chi connectivity index (χ4v) is 2.65. The van der Waals surface area contributed by atoms with E-state index in [2.05, 4.69) is 15.6 Å². The Balaban J connectivity index is 1.71. The molecule has 2 heterocycles. The second-order valence-corrected chi connectivity index (χ2v) is 5.48. The lowest BCUT2D eigenvalue weighted by Gasteiger charge is -2.19. The quantitative estimate of drug-likeness (QED) is 0.887. The fourth-order valence-electron chi connectivity index (χ4n) is 2.65. The van der Waals surface area contributed by atoms with E-state index in [1.807, 2.05) is 6.92 Å². The van der Waals surface area contributed by atoms with Crippen molar-refractivity contribution in [1.82, 2.24) is 20.3 Å². The Labute approximate surface area is 127 Å². The maximum absolute atomic E-state index is 12.3. The molecule has 2 unspecified atom stereocenters. The molecule has 1 fully saturated rings. The van der Waals surface area contributed by atoms with Crippen LogP contribution < -0.4 is 10.9 Å². The van der Waals surface area contributed by atoms with Crippen molar-refractivity contribution in [3.05, 3.63) is 34.6 Å². The third kappa shape index (κ3) is 2.99. The molecule has 0 saturated carbocycles. The van der Waals surface area contributed by atoms with Crippen molar-refractivity contribution >= 4 is 16.8 Å². The topological polar surface area (TPSA) is 86.1 Å². The summed E-state index contributed by atoms with van der Waals surface area (Å²) in [5.41, 5.74) is 0.211. The molecule has 0 aliphatic carbocycles. The number of hydrogen-bond donors (Lipinski definition) is 1. The zero-order chi connectivity index (χ0) is 15.5. The monoisotopic (exact) mass is 302 g/mol. The third-order valence-corrected chi connectivity index (χ3v) is 3.83. The lowest BCUT2D eigenvalue weighted by atomic mass is 10.1. The van der Waals surface area contributed by atoms with Crippen LogP contribution in [0.5, 0.6) is 0 Å². The van der Waals surface area contributed by atoms with Gasteiger partial charge in [-0.05, 0) is 31.9 Å². The summed E-state index contributed by atoms with van der Waals surface area (Å²) in [5.74, 6) is -0.269. The normalized spacial score (nSPS) is 19.2. The van der Waals surface area contributed by atoms with Crippen LogP contribution in [0.15, 0.2) is 29.1 Å². The van der Waals surface area contributed by atoms with E-state index in [9.17, 15) is 9.59 Å². The summed E-state index contributed by atoms with van der Waals surface area (Å²) < 4.78 is 6.62. The molecule has 116 valence electrons. The van der Waals surface area contributed by atoms with Crippen molar-refractivity contribution in [2.24, 2.45) is 0 Å². The minimum atomic E-state index is -0.314. The maximum Gasteiger partial charge on any atom is 0.278 e.